The molecule has 0 saturated carbocycles. The summed E-state index contributed by atoms with van der Waals surface area (Å²) in [5.41, 5.74) is 7.64. The maximum atomic E-state index is 12.2. The normalized spacial score (nSPS) is 17.7. The first-order valence-corrected chi connectivity index (χ1v) is 5.31. The van der Waals surface area contributed by atoms with Crippen LogP contribution in [0.25, 0.3) is 0 Å². The summed E-state index contributed by atoms with van der Waals surface area (Å²) in [4.78, 5) is 13.8. The monoisotopic (exact) mass is 220 g/mol. The van der Waals surface area contributed by atoms with E-state index in [1.807, 2.05) is 26.0 Å². The average molecular weight is 220 g/mol. The number of hydrogen-bond acceptors (Lipinski definition) is 3. The molecule has 0 spiro atoms. The van der Waals surface area contributed by atoms with Crippen molar-refractivity contribution in [3.8, 4) is 0 Å². The number of carbonyl (C=O) groups is 1. The first kappa shape index (κ1) is 11.0. The molecule has 0 radical (unpaired) electrons. The first-order valence-electron chi connectivity index (χ1n) is 5.31. The molecule has 16 heavy (non-hydrogen) atoms. The van der Waals surface area contributed by atoms with E-state index in [4.69, 9.17) is 10.8 Å². The lowest BCUT2D eigenvalue weighted by atomic mass is 9.86. The third-order valence-electron chi connectivity index (χ3n) is 3.09. The third-order valence-corrected chi connectivity index (χ3v) is 3.09. The van der Waals surface area contributed by atoms with Gasteiger partial charge in [-0.3, -0.25) is 4.79 Å². The van der Waals surface area contributed by atoms with E-state index >= 15 is 0 Å². The topological polar surface area (TPSA) is 66.6 Å². The Kier molecular flexibility index (Phi) is 2.39. The molecule has 4 nitrogen and oxygen atoms in total. The highest BCUT2D eigenvalue weighted by Gasteiger charge is 2.43. The van der Waals surface area contributed by atoms with Crippen molar-refractivity contribution in [3.63, 3.8) is 0 Å². The Hall–Kier alpha value is -1.55. The van der Waals surface area contributed by atoms with Crippen molar-refractivity contribution in [1.29, 1.82) is 0 Å². The van der Waals surface area contributed by atoms with E-state index in [-0.39, 0.29) is 12.5 Å². The second kappa shape index (κ2) is 3.49. The number of nitrogen functional groups attached to an aromatic ring is 1. The third kappa shape index (κ3) is 1.38. The summed E-state index contributed by atoms with van der Waals surface area (Å²) in [6.07, 6.45) is 0. The Bertz CT molecular complexity index is 441. The van der Waals surface area contributed by atoms with Crippen molar-refractivity contribution in [2.75, 3.05) is 23.8 Å². The number of anilines is 2. The molecule has 0 aromatic heterocycles. The summed E-state index contributed by atoms with van der Waals surface area (Å²) < 4.78 is 0. The lowest BCUT2D eigenvalue weighted by molar-refractivity contribution is -0.122. The molecule has 1 heterocycles. The van der Waals surface area contributed by atoms with E-state index < -0.39 is 5.41 Å². The number of fused-ring (bicyclic) bond motifs is 1. The standard InChI is InChI=1S/C12H16N2O2/c1-12(2)9-7-8(13)3-4-10(9)14(5-6-15)11(12)16/h3-4,7,15H,5-6,13H2,1-2H3. The summed E-state index contributed by atoms with van der Waals surface area (Å²) in [7, 11) is 0. The fourth-order valence-electron chi connectivity index (χ4n) is 2.17. The van der Waals surface area contributed by atoms with Crippen molar-refractivity contribution in [1.82, 2.24) is 0 Å². The van der Waals surface area contributed by atoms with Crippen LogP contribution in [0.2, 0.25) is 0 Å². The van der Waals surface area contributed by atoms with Gasteiger partial charge in [0.2, 0.25) is 5.91 Å². The summed E-state index contributed by atoms with van der Waals surface area (Å²) in [6, 6.07) is 5.45. The number of aliphatic hydroxyl groups excluding tert-OH is 1. The zero-order valence-electron chi connectivity index (χ0n) is 9.53. The summed E-state index contributed by atoms with van der Waals surface area (Å²) in [5, 5.41) is 8.98. The number of nitrogens with two attached hydrogens (primary N) is 1. The largest absolute Gasteiger partial charge is 0.399 e. The van der Waals surface area contributed by atoms with E-state index in [1.54, 1.807) is 11.0 Å². The Morgan fingerprint density at radius 2 is 2.12 bits per heavy atom. The van der Waals surface area contributed by atoms with Crippen LogP contribution >= 0.6 is 0 Å². The number of β-amino-alcohol motifs (C(OH)–C–C–N with tert-alkyl or cyclic N) is 1. The van der Waals surface area contributed by atoms with Crippen LogP contribution in [0.3, 0.4) is 0 Å². The zero-order valence-corrected chi connectivity index (χ0v) is 9.53. The number of amides is 1. The average Bonchev–Trinajstić information content (AvgIpc) is 2.41. The number of hydrogen-bond donors (Lipinski definition) is 2. The predicted octanol–water partition coefficient (Wildman–Crippen LogP) is 0.885. The van der Waals surface area contributed by atoms with E-state index in [2.05, 4.69) is 0 Å². The zero-order chi connectivity index (χ0) is 11.9. The fourth-order valence-corrected chi connectivity index (χ4v) is 2.17. The number of nitrogens with zero attached hydrogens (tertiary/aromatic N) is 1. The van der Waals surface area contributed by atoms with Crippen LogP contribution in [0.5, 0.6) is 0 Å². The van der Waals surface area contributed by atoms with Gasteiger partial charge >= 0.3 is 0 Å². The van der Waals surface area contributed by atoms with Crippen LogP contribution in [-0.2, 0) is 10.2 Å². The summed E-state index contributed by atoms with van der Waals surface area (Å²) in [6.45, 7) is 4.06. The Morgan fingerprint density at radius 1 is 1.44 bits per heavy atom. The molecule has 1 aromatic carbocycles. The molecule has 0 saturated heterocycles. The Morgan fingerprint density at radius 3 is 2.75 bits per heavy atom. The van der Waals surface area contributed by atoms with Crippen LogP contribution in [0.4, 0.5) is 11.4 Å². The number of aliphatic hydroxyl groups is 1. The highest BCUT2D eigenvalue weighted by molar-refractivity contribution is 6.07. The number of carbonyl (C=O) groups excluding carboxylic acids is 1. The first-order chi connectivity index (χ1) is 7.48. The Balaban J connectivity index is 2.55. The van der Waals surface area contributed by atoms with Crippen LogP contribution in [0.15, 0.2) is 18.2 Å². The molecule has 0 fully saturated rings. The number of rotatable bonds is 2. The molecule has 0 bridgehead atoms. The second-order valence-electron chi connectivity index (χ2n) is 4.58. The SMILES string of the molecule is CC1(C)C(=O)N(CCO)c2ccc(N)cc21. The highest BCUT2D eigenvalue weighted by Crippen LogP contribution is 2.42. The quantitative estimate of drug-likeness (QED) is 0.727. The van der Waals surface area contributed by atoms with Crippen molar-refractivity contribution in [2.24, 2.45) is 0 Å². The van der Waals surface area contributed by atoms with Gasteiger partial charge in [-0.25, -0.2) is 0 Å². The Labute approximate surface area is 94.7 Å². The molecule has 86 valence electrons. The molecule has 4 heteroatoms. The minimum Gasteiger partial charge on any atom is -0.399 e. The fraction of sp³-hybridized carbons (Fsp3) is 0.417. The van der Waals surface area contributed by atoms with Gasteiger partial charge in [-0.05, 0) is 37.6 Å². The van der Waals surface area contributed by atoms with Crippen molar-refractivity contribution < 1.29 is 9.90 Å². The molecule has 1 amide bonds. The van der Waals surface area contributed by atoms with Crippen LogP contribution in [0.1, 0.15) is 19.4 Å². The highest BCUT2D eigenvalue weighted by atomic mass is 16.3. The van der Waals surface area contributed by atoms with Gasteiger partial charge in [-0.15, -0.1) is 0 Å². The minimum absolute atomic E-state index is 0.0159. The molecule has 1 aliphatic heterocycles. The van der Waals surface area contributed by atoms with Crippen molar-refractivity contribution in [3.05, 3.63) is 23.8 Å². The van der Waals surface area contributed by atoms with E-state index in [0.717, 1.165) is 11.3 Å². The predicted molar refractivity (Wildman–Crippen MR) is 63.3 cm³/mol. The smallest absolute Gasteiger partial charge is 0.237 e. The second-order valence-corrected chi connectivity index (χ2v) is 4.58. The van der Waals surface area contributed by atoms with Crippen molar-refractivity contribution >= 4 is 17.3 Å². The minimum atomic E-state index is -0.556. The van der Waals surface area contributed by atoms with Gasteiger partial charge in [0.05, 0.1) is 12.0 Å². The van der Waals surface area contributed by atoms with Gasteiger partial charge in [0.1, 0.15) is 0 Å². The summed E-state index contributed by atoms with van der Waals surface area (Å²) in [5.74, 6) is 0.0159. The van der Waals surface area contributed by atoms with E-state index in [9.17, 15) is 4.79 Å². The van der Waals surface area contributed by atoms with Gasteiger partial charge in [0.25, 0.3) is 0 Å². The van der Waals surface area contributed by atoms with Crippen molar-refractivity contribution in [2.45, 2.75) is 19.3 Å². The van der Waals surface area contributed by atoms with E-state index in [1.165, 1.54) is 0 Å². The van der Waals surface area contributed by atoms with Gasteiger partial charge in [-0.2, -0.15) is 0 Å². The lowest BCUT2D eigenvalue weighted by Gasteiger charge is -2.19. The van der Waals surface area contributed by atoms with Crippen LogP contribution in [0, 0.1) is 0 Å². The molecule has 1 aliphatic rings. The molecule has 3 N–H and O–H groups in total. The molecule has 1 aromatic rings. The maximum absolute atomic E-state index is 12.2. The molecule has 0 aliphatic carbocycles. The molecule has 0 unspecified atom stereocenters. The van der Waals surface area contributed by atoms with Gasteiger partial charge in [0, 0.05) is 17.9 Å². The molecule has 2 rings (SSSR count). The lowest BCUT2D eigenvalue weighted by Crippen LogP contribution is -2.37. The number of benzene rings is 1. The molecular weight excluding hydrogens is 204 g/mol. The van der Waals surface area contributed by atoms with Gasteiger partial charge in [0.15, 0.2) is 0 Å². The van der Waals surface area contributed by atoms with Crippen LogP contribution < -0.4 is 10.6 Å². The summed E-state index contributed by atoms with van der Waals surface area (Å²) >= 11 is 0. The van der Waals surface area contributed by atoms with Crippen LogP contribution in [-0.4, -0.2) is 24.2 Å². The molecule has 0 atom stereocenters. The van der Waals surface area contributed by atoms with E-state index in [0.29, 0.717) is 12.2 Å². The maximum Gasteiger partial charge on any atom is 0.237 e. The van der Waals surface area contributed by atoms with Gasteiger partial charge in [-0.1, -0.05) is 0 Å². The van der Waals surface area contributed by atoms with Gasteiger partial charge < -0.3 is 15.7 Å². The molecular formula is C12H16N2O2.